The van der Waals surface area contributed by atoms with E-state index < -0.39 is 5.54 Å². The average molecular weight is 329 g/mol. The third-order valence-corrected chi connectivity index (χ3v) is 5.46. The zero-order valence-corrected chi connectivity index (χ0v) is 14.7. The smallest absolute Gasteiger partial charge is 0.254 e. The summed E-state index contributed by atoms with van der Waals surface area (Å²) in [4.78, 5) is 32.7. The number of rotatable bonds is 4. The first-order chi connectivity index (χ1) is 11.5. The average Bonchev–Trinajstić information content (AvgIpc) is 2.62. The molecule has 0 spiro atoms. The Bertz CT molecular complexity index is 707. The fourth-order valence-corrected chi connectivity index (χ4v) is 3.59. The van der Waals surface area contributed by atoms with Crippen LogP contribution in [0.5, 0.6) is 0 Å². The van der Waals surface area contributed by atoms with Gasteiger partial charge in [0.25, 0.3) is 5.56 Å². The number of amides is 1. The molecule has 0 aliphatic heterocycles. The maximum Gasteiger partial charge on any atom is 0.254 e. The molecular weight excluding hydrogens is 302 g/mol. The van der Waals surface area contributed by atoms with Crippen molar-refractivity contribution in [2.75, 3.05) is 0 Å². The number of carbonyl (C=O) groups is 1. The highest BCUT2D eigenvalue weighted by Crippen LogP contribution is 2.26. The van der Waals surface area contributed by atoms with E-state index in [-0.39, 0.29) is 17.4 Å². The number of hydrogen-bond donors (Lipinski definition) is 2. The Morgan fingerprint density at radius 1 is 1.38 bits per heavy atom. The molecule has 24 heavy (non-hydrogen) atoms. The summed E-state index contributed by atoms with van der Waals surface area (Å²) in [7, 11) is 0. The Labute approximate surface area is 143 Å². The summed E-state index contributed by atoms with van der Waals surface area (Å²) in [6, 6.07) is 0. The number of H-pyrrole nitrogens is 1. The molecule has 2 unspecified atom stereocenters. The van der Waals surface area contributed by atoms with E-state index in [1.807, 2.05) is 13.8 Å². The molecule has 1 amide bonds. The highest BCUT2D eigenvalue weighted by molar-refractivity contribution is 5.79. The lowest BCUT2D eigenvalue weighted by molar-refractivity contribution is -0.127. The lowest BCUT2D eigenvalue weighted by Crippen LogP contribution is -2.48. The van der Waals surface area contributed by atoms with Crippen LogP contribution in [0, 0.1) is 5.92 Å². The number of aromatic nitrogens is 2. The van der Waals surface area contributed by atoms with Crippen LogP contribution in [0.2, 0.25) is 0 Å². The number of carbonyl (C=O) groups excluding carboxylic acids is 1. The summed E-state index contributed by atoms with van der Waals surface area (Å²) in [6.07, 6.45) is 11.3. The normalized spacial score (nSPS) is 22.5. The second-order valence-electron chi connectivity index (χ2n) is 7.20. The molecule has 0 aromatic carbocycles. The Kier molecular flexibility index (Phi) is 4.88. The van der Waals surface area contributed by atoms with Crippen molar-refractivity contribution in [3.05, 3.63) is 39.6 Å². The van der Waals surface area contributed by atoms with E-state index in [0.29, 0.717) is 12.2 Å². The van der Waals surface area contributed by atoms with Crippen molar-refractivity contribution in [3.63, 3.8) is 0 Å². The van der Waals surface area contributed by atoms with E-state index in [9.17, 15) is 9.59 Å². The van der Waals surface area contributed by atoms with Gasteiger partial charge in [-0.3, -0.25) is 9.59 Å². The molecule has 0 bridgehead atoms. The third kappa shape index (κ3) is 3.30. The van der Waals surface area contributed by atoms with Gasteiger partial charge in [0.1, 0.15) is 5.82 Å². The van der Waals surface area contributed by atoms with Gasteiger partial charge in [-0.05, 0) is 58.3 Å². The first-order valence-corrected chi connectivity index (χ1v) is 9.13. The predicted octanol–water partition coefficient (Wildman–Crippen LogP) is 2.75. The molecule has 3 rings (SSSR count). The molecular formula is C19H27N3O2. The van der Waals surface area contributed by atoms with E-state index in [1.165, 1.54) is 0 Å². The minimum Gasteiger partial charge on any atom is -0.343 e. The molecule has 0 saturated carbocycles. The summed E-state index contributed by atoms with van der Waals surface area (Å²) < 4.78 is 0. The van der Waals surface area contributed by atoms with Gasteiger partial charge in [-0.2, -0.15) is 0 Å². The monoisotopic (exact) mass is 329 g/mol. The van der Waals surface area contributed by atoms with Crippen LogP contribution in [-0.4, -0.2) is 15.9 Å². The van der Waals surface area contributed by atoms with Crippen molar-refractivity contribution in [1.29, 1.82) is 0 Å². The number of aromatic amines is 1. The molecule has 0 radical (unpaired) electrons. The zero-order valence-electron chi connectivity index (χ0n) is 14.7. The van der Waals surface area contributed by atoms with Gasteiger partial charge < -0.3 is 10.3 Å². The van der Waals surface area contributed by atoms with Crippen LogP contribution in [0.4, 0.5) is 0 Å². The van der Waals surface area contributed by atoms with E-state index in [1.54, 1.807) is 0 Å². The molecule has 1 heterocycles. The predicted molar refractivity (Wildman–Crippen MR) is 93.8 cm³/mol. The first-order valence-electron chi connectivity index (χ1n) is 9.13. The maximum absolute atomic E-state index is 12.7. The van der Waals surface area contributed by atoms with Gasteiger partial charge in [-0.1, -0.05) is 19.1 Å². The zero-order chi connectivity index (χ0) is 17.2. The standard InChI is InChI=1S/C19H27N3O2/c1-3-19(2,22-16(23)13-9-5-4-6-10-13)18-20-15-12-8-7-11-14(15)17(24)21-18/h4-5,13H,3,6-12H2,1-2H3,(H,22,23)(H,20,21,24). The lowest BCUT2D eigenvalue weighted by atomic mass is 9.90. The van der Waals surface area contributed by atoms with Crippen molar-refractivity contribution < 1.29 is 4.79 Å². The molecule has 0 saturated heterocycles. The fourth-order valence-electron chi connectivity index (χ4n) is 3.59. The van der Waals surface area contributed by atoms with Crippen LogP contribution in [0.3, 0.4) is 0 Å². The molecule has 1 aromatic rings. The Morgan fingerprint density at radius 2 is 2.17 bits per heavy atom. The lowest BCUT2D eigenvalue weighted by Gasteiger charge is -2.31. The number of nitrogens with one attached hydrogen (secondary N) is 2. The van der Waals surface area contributed by atoms with E-state index in [0.717, 1.165) is 56.2 Å². The van der Waals surface area contributed by atoms with Crippen molar-refractivity contribution in [2.24, 2.45) is 5.92 Å². The van der Waals surface area contributed by atoms with E-state index >= 15 is 0 Å². The molecule has 2 N–H and O–H groups in total. The molecule has 2 aliphatic carbocycles. The van der Waals surface area contributed by atoms with Crippen LogP contribution in [0.1, 0.15) is 69.5 Å². The Morgan fingerprint density at radius 3 is 2.88 bits per heavy atom. The van der Waals surface area contributed by atoms with Crippen LogP contribution >= 0.6 is 0 Å². The molecule has 0 fully saturated rings. The third-order valence-electron chi connectivity index (χ3n) is 5.46. The second kappa shape index (κ2) is 6.91. The summed E-state index contributed by atoms with van der Waals surface area (Å²) in [5.74, 6) is 0.671. The van der Waals surface area contributed by atoms with Gasteiger partial charge in [0.05, 0.1) is 11.2 Å². The fraction of sp³-hybridized carbons (Fsp3) is 0.632. The molecule has 2 atom stereocenters. The van der Waals surface area contributed by atoms with Crippen molar-refractivity contribution in [2.45, 2.75) is 70.8 Å². The SMILES string of the molecule is CCC(C)(NC(=O)C1CC=CCC1)c1nc2c(c(=O)[nH]1)CCCC2. The maximum atomic E-state index is 12.7. The van der Waals surface area contributed by atoms with Crippen LogP contribution in [0.15, 0.2) is 16.9 Å². The minimum absolute atomic E-state index is 0.0187. The Balaban J connectivity index is 1.86. The van der Waals surface area contributed by atoms with E-state index in [2.05, 4.69) is 22.5 Å². The van der Waals surface area contributed by atoms with Gasteiger partial charge in [0, 0.05) is 11.5 Å². The first kappa shape index (κ1) is 16.9. The molecule has 130 valence electrons. The number of aryl methyl sites for hydroxylation is 1. The van der Waals surface area contributed by atoms with Crippen LogP contribution in [0.25, 0.3) is 0 Å². The van der Waals surface area contributed by atoms with Gasteiger partial charge in [-0.15, -0.1) is 0 Å². The van der Waals surface area contributed by atoms with Crippen molar-refractivity contribution in [3.8, 4) is 0 Å². The van der Waals surface area contributed by atoms with Gasteiger partial charge >= 0.3 is 0 Å². The molecule has 5 nitrogen and oxygen atoms in total. The highest BCUT2D eigenvalue weighted by atomic mass is 16.2. The van der Waals surface area contributed by atoms with Gasteiger partial charge in [-0.25, -0.2) is 4.98 Å². The second-order valence-corrected chi connectivity index (χ2v) is 7.20. The number of nitrogens with zero attached hydrogens (tertiary/aromatic N) is 1. The van der Waals surface area contributed by atoms with Gasteiger partial charge in [0.2, 0.25) is 5.91 Å². The number of fused-ring (bicyclic) bond motifs is 1. The summed E-state index contributed by atoms with van der Waals surface area (Å²) in [6.45, 7) is 3.97. The number of hydrogen-bond acceptors (Lipinski definition) is 3. The Hall–Kier alpha value is -1.91. The van der Waals surface area contributed by atoms with Crippen LogP contribution < -0.4 is 10.9 Å². The summed E-state index contributed by atoms with van der Waals surface area (Å²) >= 11 is 0. The highest BCUT2D eigenvalue weighted by Gasteiger charge is 2.33. The van der Waals surface area contributed by atoms with E-state index in [4.69, 9.17) is 4.98 Å². The topological polar surface area (TPSA) is 74.8 Å². The summed E-state index contributed by atoms with van der Waals surface area (Å²) in [5, 5.41) is 3.16. The quantitative estimate of drug-likeness (QED) is 0.834. The number of allylic oxidation sites excluding steroid dienone is 2. The molecule has 1 aromatic heterocycles. The van der Waals surface area contributed by atoms with Crippen molar-refractivity contribution >= 4 is 5.91 Å². The molecule has 2 aliphatic rings. The molecule has 5 heteroatoms. The minimum atomic E-state index is -0.635. The van der Waals surface area contributed by atoms with Crippen LogP contribution in [-0.2, 0) is 23.2 Å². The summed E-state index contributed by atoms with van der Waals surface area (Å²) in [5.41, 5.74) is 1.06. The van der Waals surface area contributed by atoms with Gasteiger partial charge in [0.15, 0.2) is 0 Å². The largest absolute Gasteiger partial charge is 0.343 e. The van der Waals surface area contributed by atoms with Crippen molar-refractivity contribution in [1.82, 2.24) is 15.3 Å².